The Hall–Kier alpha value is -3.20. The minimum atomic E-state index is -1.94. The molecule has 0 amide bonds. The Balaban J connectivity index is 1.14. The van der Waals surface area contributed by atoms with Crippen molar-refractivity contribution in [1.82, 2.24) is 0 Å². The Morgan fingerprint density at radius 3 is 2.02 bits per heavy atom. The van der Waals surface area contributed by atoms with Crippen LogP contribution in [0.25, 0.3) is 0 Å². The number of carbonyl (C=O) groups is 3. The number of aliphatic hydroxyl groups is 9. The second kappa shape index (κ2) is 16.6. The van der Waals surface area contributed by atoms with Crippen molar-refractivity contribution in [3.8, 4) is 0 Å². The lowest BCUT2D eigenvalue weighted by molar-refractivity contribution is -0.342. The molecule has 22 heteroatoms. The van der Waals surface area contributed by atoms with E-state index in [2.05, 4.69) is 0 Å². The number of esters is 2. The zero-order chi connectivity index (χ0) is 40.2. The number of carbonyl (C=O) groups excluding carboxylic acids is 3. The van der Waals surface area contributed by atoms with Gasteiger partial charge in [-0.25, -0.2) is 14.4 Å². The minimum Gasteiger partial charge on any atom is -0.471 e. The van der Waals surface area contributed by atoms with Gasteiger partial charge in [0.2, 0.25) is 18.9 Å². The number of rotatable bonds is 11. The Labute approximate surface area is 321 Å². The molecular formula is C34H42O21S. The van der Waals surface area contributed by atoms with Crippen LogP contribution in [0.2, 0.25) is 0 Å². The minimum absolute atomic E-state index is 0.195. The fourth-order valence-electron chi connectivity index (χ4n) is 8.11. The normalized spacial score (nSPS) is 43.9. The Morgan fingerprint density at radius 1 is 0.732 bits per heavy atom. The highest BCUT2D eigenvalue weighted by atomic mass is 32.2. The van der Waals surface area contributed by atoms with Crippen LogP contribution in [0.4, 0.5) is 4.79 Å². The van der Waals surface area contributed by atoms with Crippen LogP contribution in [-0.2, 0) is 52.2 Å². The molecular weight excluding hydrogens is 776 g/mol. The van der Waals surface area contributed by atoms with E-state index in [4.69, 9.17) is 42.6 Å². The Morgan fingerprint density at radius 2 is 1.36 bits per heavy atom. The lowest BCUT2D eigenvalue weighted by atomic mass is 9.82. The number of fused-ring (bicyclic) bond motifs is 1. The van der Waals surface area contributed by atoms with Crippen LogP contribution in [0.15, 0.2) is 47.0 Å². The summed E-state index contributed by atoms with van der Waals surface area (Å²) in [6.07, 6.45) is -15.9. The molecule has 9 N–H and O–H groups in total. The number of hydrogen-bond acceptors (Lipinski definition) is 22. The largest absolute Gasteiger partial charge is 0.471 e. The van der Waals surface area contributed by atoms with E-state index in [0.29, 0.717) is 5.57 Å². The topological polar surface area (TPSA) is 316 Å². The molecule has 0 aromatic rings. The predicted octanol–water partition coefficient (Wildman–Crippen LogP) is -4.23. The van der Waals surface area contributed by atoms with Gasteiger partial charge in [-0.1, -0.05) is 6.08 Å². The summed E-state index contributed by atoms with van der Waals surface area (Å²) in [6.45, 7) is -2.43. The third-order valence-electron chi connectivity index (χ3n) is 11.0. The average molecular weight is 819 g/mol. The molecule has 0 aromatic carbocycles. The van der Waals surface area contributed by atoms with Crippen LogP contribution in [0, 0.1) is 23.7 Å². The summed E-state index contributed by atoms with van der Waals surface area (Å²) in [5.74, 6) is -5.68. The summed E-state index contributed by atoms with van der Waals surface area (Å²) in [6, 6.07) is 0. The maximum atomic E-state index is 14.1. The van der Waals surface area contributed by atoms with Gasteiger partial charge in [0.25, 0.3) is 0 Å². The molecule has 5 aliphatic heterocycles. The molecule has 7 rings (SSSR count). The zero-order valence-corrected chi connectivity index (χ0v) is 30.2. The molecule has 0 spiro atoms. The van der Waals surface area contributed by atoms with E-state index in [0.717, 1.165) is 24.3 Å². The van der Waals surface area contributed by atoms with Gasteiger partial charge in [-0.05, 0) is 35.2 Å². The summed E-state index contributed by atoms with van der Waals surface area (Å²) >= 11 is 0.761. The molecule has 0 saturated carbocycles. The van der Waals surface area contributed by atoms with Crippen LogP contribution < -0.4 is 0 Å². The molecule has 18 unspecified atom stereocenters. The molecule has 5 heterocycles. The highest BCUT2D eigenvalue weighted by Gasteiger charge is 2.58. The van der Waals surface area contributed by atoms with E-state index in [1.165, 1.54) is 12.3 Å². The highest BCUT2D eigenvalue weighted by molar-refractivity contribution is 8.12. The van der Waals surface area contributed by atoms with Crippen molar-refractivity contribution >= 4 is 29.0 Å². The van der Waals surface area contributed by atoms with Crippen molar-refractivity contribution < 1.29 is 103 Å². The standard InChI is InChI=1S/C34H42O21S/c1-56-34(46)49-7-11-2-14(38)20-12(8-47-31(19(11)20)54-32-26(43)24(41)22(39)16(5-36)51-32)29(45)53-27-25(42)23(40)17(6-37)52-33(27)55-30-18-10(4-35)3-15-21(18)13(9-48-30)28(44)50-15/h2-3,8-9,14-27,30-33,35-43H,4-7H2,1H3. The Bertz CT molecular complexity index is 1650. The summed E-state index contributed by atoms with van der Waals surface area (Å²) in [7, 11) is 0. The fraction of sp³-hybridized carbons (Fsp3) is 0.676. The molecule has 18 atom stereocenters. The SMILES string of the molecule is CSC(=O)OCC1=CC(O)C2C(C(=O)OC3C(OC4OC=C5C(=O)OC6C=C(CO)C4C56)OC(CO)C(O)C3O)=COC(OC3OC(CO)C(O)C(O)C3O)C12. The van der Waals surface area contributed by atoms with Crippen molar-refractivity contribution in [1.29, 1.82) is 0 Å². The van der Waals surface area contributed by atoms with Gasteiger partial charge in [0.05, 0.1) is 61.4 Å². The molecule has 0 bridgehead atoms. The van der Waals surface area contributed by atoms with Gasteiger partial charge in [0, 0.05) is 11.8 Å². The maximum absolute atomic E-state index is 14.1. The summed E-state index contributed by atoms with van der Waals surface area (Å²) in [5, 5.41) is 93.4. The van der Waals surface area contributed by atoms with Crippen molar-refractivity contribution in [2.24, 2.45) is 23.7 Å². The van der Waals surface area contributed by atoms with E-state index in [1.54, 1.807) is 6.08 Å². The lowest BCUT2D eigenvalue weighted by Gasteiger charge is -2.44. The number of ether oxygens (including phenoxy) is 9. The first-order valence-corrected chi connectivity index (χ1v) is 18.8. The first kappa shape index (κ1) is 41.0. The second-order valence-corrected chi connectivity index (χ2v) is 14.8. The smallest absolute Gasteiger partial charge is 0.367 e. The van der Waals surface area contributed by atoms with Gasteiger partial charge in [-0.2, -0.15) is 0 Å². The van der Waals surface area contributed by atoms with Gasteiger partial charge in [0.1, 0.15) is 55.4 Å². The van der Waals surface area contributed by atoms with Crippen LogP contribution in [0.5, 0.6) is 0 Å². The van der Waals surface area contributed by atoms with Gasteiger partial charge in [-0.15, -0.1) is 0 Å². The van der Waals surface area contributed by atoms with Gasteiger partial charge in [0.15, 0.2) is 12.4 Å². The molecule has 0 aromatic heterocycles. The molecule has 21 nitrogen and oxygen atoms in total. The van der Waals surface area contributed by atoms with Crippen molar-refractivity contribution in [3.63, 3.8) is 0 Å². The third kappa shape index (κ3) is 7.25. The summed E-state index contributed by atoms with van der Waals surface area (Å²) < 4.78 is 50.9. The van der Waals surface area contributed by atoms with E-state index in [1.807, 2.05) is 0 Å². The zero-order valence-electron chi connectivity index (χ0n) is 29.4. The molecule has 3 fully saturated rings. The molecule has 56 heavy (non-hydrogen) atoms. The molecule has 3 saturated heterocycles. The van der Waals surface area contributed by atoms with Crippen LogP contribution in [0.1, 0.15) is 0 Å². The quantitative estimate of drug-likeness (QED) is 0.0542. The fourth-order valence-corrected chi connectivity index (χ4v) is 8.29. The van der Waals surface area contributed by atoms with E-state index in [9.17, 15) is 60.3 Å². The third-order valence-corrected chi connectivity index (χ3v) is 11.4. The van der Waals surface area contributed by atoms with E-state index < -0.39 is 154 Å². The molecule has 7 aliphatic rings. The first-order valence-electron chi connectivity index (χ1n) is 17.6. The summed E-state index contributed by atoms with van der Waals surface area (Å²) in [4.78, 5) is 38.5. The lowest BCUT2D eigenvalue weighted by Crippen LogP contribution is -2.61. The van der Waals surface area contributed by atoms with E-state index in [-0.39, 0.29) is 16.7 Å². The van der Waals surface area contributed by atoms with Crippen LogP contribution >= 0.6 is 11.8 Å². The number of aliphatic hydroxyl groups excluding tert-OH is 9. The van der Waals surface area contributed by atoms with Gasteiger partial charge >= 0.3 is 17.2 Å². The van der Waals surface area contributed by atoms with Gasteiger partial charge < -0.3 is 88.6 Å². The molecule has 2 aliphatic carbocycles. The summed E-state index contributed by atoms with van der Waals surface area (Å²) in [5.41, 5.74) is 0.454. The van der Waals surface area contributed by atoms with Gasteiger partial charge in [-0.3, -0.25) is 0 Å². The highest BCUT2D eigenvalue weighted by Crippen LogP contribution is 2.50. The average Bonchev–Trinajstić information content (AvgIpc) is 3.84. The van der Waals surface area contributed by atoms with Crippen LogP contribution in [-0.4, -0.2) is 182 Å². The predicted molar refractivity (Wildman–Crippen MR) is 177 cm³/mol. The number of thioether (sulfide) groups is 1. The second-order valence-electron chi connectivity index (χ2n) is 14.0. The maximum Gasteiger partial charge on any atom is 0.367 e. The molecule has 310 valence electrons. The van der Waals surface area contributed by atoms with Crippen molar-refractivity contribution in [3.05, 3.63) is 47.0 Å². The number of hydrogen-bond donors (Lipinski definition) is 9. The first-order chi connectivity index (χ1) is 26.8. The van der Waals surface area contributed by atoms with E-state index >= 15 is 0 Å². The van der Waals surface area contributed by atoms with Crippen molar-refractivity contribution in [2.75, 3.05) is 32.7 Å². The van der Waals surface area contributed by atoms with Crippen molar-refractivity contribution in [2.45, 2.75) is 86.2 Å². The van der Waals surface area contributed by atoms with Crippen LogP contribution in [0.3, 0.4) is 0 Å². The Kier molecular flexibility index (Phi) is 12.1. The monoisotopic (exact) mass is 818 g/mol. The molecule has 0 radical (unpaired) electrons.